The van der Waals surface area contributed by atoms with Gasteiger partial charge in [-0.25, -0.2) is 0 Å². The minimum Gasteiger partial charge on any atom is -0.392 e. The van der Waals surface area contributed by atoms with Crippen molar-refractivity contribution < 1.29 is 5.11 Å². The summed E-state index contributed by atoms with van der Waals surface area (Å²) in [6.07, 6.45) is 2.21. The van der Waals surface area contributed by atoms with Gasteiger partial charge in [-0.05, 0) is 20.1 Å². The van der Waals surface area contributed by atoms with Crippen LogP contribution in [0.25, 0.3) is 0 Å². The van der Waals surface area contributed by atoms with Crippen molar-refractivity contribution in [2.75, 3.05) is 12.0 Å². The normalized spacial score (nSPS) is 13.1. The lowest BCUT2D eigenvalue weighted by Gasteiger charge is -2.10. The Morgan fingerprint density at radius 3 is 2.80 bits per heavy atom. The Kier molecular flexibility index (Phi) is 4.96. The van der Waals surface area contributed by atoms with Crippen molar-refractivity contribution in [2.24, 2.45) is 0 Å². The van der Waals surface area contributed by atoms with Crippen LogP contribution in [0.1, 0.15) is 18.3 Å². The number of aromatic nitrogens is 2. The van der Waals surface area contributed by atoms with Gasteiger partial charge in [0.15, 0.2) is 0 Å². The quantitative estimate of drug-likeness (QED) is 0.868. The van der Waals surface area contributed by atoms with Crippen molar-refractivity contribution in [2.45, 2.75) is 32.9 Å². The topological polar surface area (TPSA) is 38.0 Å². The van der Waals surface area contributed by atoms with Crippen molar-refractivity contribution in [3.05, 3.63) is 16.4 Å². The predicted molar refractivity (Wildman–Crippen MR) is 65.7 cm³/mol. The minimum absolute atomic E-state index is 0.348. The van der Waals surface area contributed by atoms with Gasteiger partial charge in [-0.1, -0.05) is 11.6 Å². The van der Waals surface area contributed by atoms with Gasteiger partial charge in [-0.2, -0.15) is 16.9 Å². The van der Waals surface area contributed by atoms with Crippen LogP contribution in [-0.4, -0.2) is 33.0 Å². The lowest BCUT2D eigenvalue weighted by Crippen LogP contribution is -2.16. The first kappa shape index (κ1) is 12.9. The molecule has 3 nitrogen and oxygen atoms in total. The number of aryl methyl sites for hydroxylation is 2. The SMILES string of the molecule is CCn1nc(C)c(Cl)c1CC(O)CSC. The maximum Gasteiger partial charge on any atom is 0.0848 e. The highest BCUT2D eigenvalue weighted by Crippen LogP contribution is 2.22. The van der Waals surface area contributed by atoms with E-state index in [2.05, 4.69) is 5.10 Å². The predicted octanol–water partition coefficient (Wildman–Crippen LogP) is 2.13. The maximum atomic E-state index is 9.74. The van der Waals surface area contributed by atoms with Crippen LogP contribution in [0.5, 0.6) is 0 Å². The monoisotopic (exact) mass is 248 g/mol. The molecule has 0 aliphatic carbocycles. The molecule has 1 heterocycles. The molecular weight excluding hydrogens is 232 g/mol. The lowest BCUT2D eigenvalue weighted by molar-refractivity contribution is 0.197. The zero-order valence-corrected chi connectivity index (χ0v) is 10.9. The maximum absolute atomic E-state index is 9.74. The minimum atomic E-state index is -0.348. The molecule has 0 saturated carbocycles. The highest BCUT2D eigenvalue weighted by Gasteiger charge is 2.15. The molecule has 15 heavy (non-hydrogen) atoms. The molecule has 1 atom stereocenters. The van der Waals surface area contributed by atoms with E-state index in [1.165, 1.54) is 0 Å². The molecule has 0 saturated heterocycles. The smallest absolute Gasteiger partial charge is 0.0848 e. The molecule has 0 spiro atoms. The number of thioether (sulfide) groups is 1. The lowest BCUT2D eigenvalue weighted by atomic mass is 10.2. The summed E-state index contributed by atoms with van der Waals surface area (Å²) in [5, 5.41) is 14.7. The molecule has 0 fully saturated rings. The third kappa shape index (κ3) is 3.13. The van der Waals surface area contributed by atoms with Crippen LogP contribution >= 0.6 is 23.4 Å². The Morgan fingerprint density at radius 1 is 1.60 bits per heavy atom. The molecule has 0 amide bonds. The Bertz CT molecular complexity index is 327. The number of nitrogens with zero attached hydrogens (tertiary/aromatic N) is 2. The van der Waals surface area contributed by atoms with Gasteiger partial charge in [0.25, 0.3) is 0 Å². The fourth-order valence-corrected chi connectivity index (χ4v) is 2.25. The van der Waals surface area contributed by atoms with Gasteiger partial charge in [-0.3, -0.25) is 4.68 Å². The largest absolute Gasteiger partial charge is 0.392 e. The van der Waals surface area contributed by atoms with Crippen molar-refractivity contribution in [1.82, 2.24) is 9.78 Å². The summed E-state index contributed by atoms with van der Waals surface area (Å²) in [5.74, 6) is 0.726. The average molecular weight is 249 g/mol. The van der Waals surface area contributed by atoms with E-state index in [4.69, 9.17) is 11.6 Å². The summed E-state index contributed by atoms with van der Waals surface area (Å²) < 4.78 is 1.86. The molecule has 0 aliphatic heterocycles. The van der Waals surface area contributed by atoms with Crippen molar-refractivity contribution >= 4 is 23.4 Å². The number of rotatable bonds is 5. The zero-order valence-electron chi connectivity index (χ0n) is 9.33. The summed E-state index contributed by atoms with van der Waals surface area (Å²) in [6, 6.07) is 0. The van der Waals surface area contributed by atoms with Crippen LogP contribution < -0.4 is 0 Å². The second-order valence-corrected chi connectivity index (χ2v) is 4.76. The fourth-order valence-electron chi connectivity index (χ4n) is 1.54. The zero-order chi connectivity index (χ0) is 11.4. The second kappa shape index (κ2) is 5.77. The van der Waals surface area contributed by atoms with Gasteiger partial charge in [0.2, 0.25) is 0 Å². The average Bonchev–Trinajstić information content (AvgIpc) is 2.46. The molecule has 1 aromatic heterocycles. The number of aliphatic hydroxyl groups is 1. The fraction of sp³-hybridized carbons (Fsp3) is 0.700. The van der Waals surface area contributed by atoms with Gasteiger partial charge in [0, 0.05) is 18.7 Å². The van der Waals surface area contributed by atoms with Crippen LogP contribution in [0, 0.1) is 6.92 Å². The molecule has 0 aliphatic rings. The Labute approximate surface area is 99.8 Å². The molecule has 0 aromatic carbocycles. The molecular formula is C10H17ClN2OS. The highest BCUT2D eigenvalue weighted by molar-refractivity contribution is 7.98. The highest BCUT2D eigenvalue weighted by atomic mass is 35.5. The molecule has 1 N–H and O–H groups in total. The first-order chi connectivity index (χ1) is 7.10. The van der Waals surface area contributed by atoms with Gasteiger partial charge in [0.1, 0.15) is 0 Å². The summed E-state index contributed by atoms with van der Waals surface area (Å²) in [5.41, 5.74) is 1.78. The molecule has 0 bridgehead atoms. The summed E-state index contributed by atoms with van der Waals surface area (Å²) in [4.78, 5) is 0. The summed E-state index contributed by atoms with van der Waals surface area (Å²) >= 11 is 7.77. The number of halogens is 1. The van der Waals surface area contributed by atoms with E-state index >= 15 is 0 Å². The molecule has 1 unspecified atom stereocenters. The van der Waals surface area contributed by atoms with E-state index in [1.54, 1.807) is 11.8 Å². The van der Waals surface area contributed by atoms with Crippen LogP contribution in [0.2, 0.25) is 5.02 Å². The molecule has 86 valence electrons. The molecule has 0 radical (unpaired) electrons. The van der Waals surface area contributed by atoms with E-state index in [-0.39, 0.29) is 6.10 Å². The first-order valence-corrected chi connectivity index (χ1v) is 6.76. The van der Waals surface area contributed by atoms with Gasteiger partial charge >= 0.3 is 0 Å². The van der Waals surface area contributed by atoms with E-state index < -0.39 is 0 Å². The third-order valence-corrected chi connectivity index (χ3v) is 3.45. The van der Waals surface area contributed by atoms with Crippen LogP contribution in [0.4, 0.5) is 0 Å². The molecule has 1 rings (SSSR count). The summed E-state index contributed by atoms with van der Waals surface area (Å²) in [6.45, 7) is 4.70. The van der Waals surface area contributed by atoms with E-state index in [0.29, 0.717) is 11.4 Å². The summed E-state index contributed by atoms with van der Waals surface area (Å²) in [7, 11) is 0. The first-order valence-electron chi connectivity index (χ1n) is 4.98. The Hall–Kier alpha value is -0.190. The van der Waals surface area contributed by atoms with Gasteiger partial charge in [-0.15, -0.1) is 0 Å². The van der Waals surface area contributed by atoms with E-state index in [9.17, 15) is 5.11 Å². The Balaban J connectivity index is 2.82. The molecule has 1 aromatic rings. The Morgan fingerprint density at radius 2 is 2.27 bits per heavy atom. The van der Waals surface area contributed by atoms with Crippen molar-refractivity contribution in [3.8, 4) is 0 Å². The number of hydrogen-bond donors (Lipinski definition) is 1. The van der Waals surface area contributed by atoms with Crippen molar-refractivity contribution in [3.63, 3.8) is 0 Å². The van der Waals surface area contributed by atoms with E-state index in [0.717, 1.165) is 23.7 Å². The number of aliphatic hydroxyl groups excluding tert-OH is 1. The van der Waals surface area contributed by atoms with Crippen molar-refractivity contribution in [1.29, 1.82) is 0 Å². The number of hydrogen-bond acceptors (Lipinski definition) is 3. The van der Waals surface area contributed by atoms with Crippen LogP contribution in [0.15, 0.2) is 0 Å². The molecule has 5 heteroatoms. The standard InChI is InChI=1S/C10H17ClN2OS/c1-4-13-9(5-8(14)6-15-3)10(11)7(2)12-13/h8,14H,4-6H2,1-3H3. The van der Waals surface area contributed by atoms with E-state index in [1.807, 2.05) is 24.8 Å². The van der Waals surface area contributed by atoms with Gasteiger partial charge < -0.3 is 5.11 Å². The van der Waals surface area contributed by atoms with Crippen LogP contribution in [-0.2, 0) is 13.0 Å². The second-order valence-electron chi connectivity index (χ2n) is 3.48. The van der Waals surface area contributed by atoms with Gasteiger partial charge in [0.05, 0.1) is 22.5 Å². The van der Waals surface area contributed by atoms with Crippen LogP contribution in [0.3, 0.4) is 0 Å². The third-order valence-electron chi connectivity index (χ3n) is 2.24.